The van der Waals surface area contributed by atoms with E-state index >= 15 is 0 Å². The maximum Gasteiger partial charge on any atom is 0.337 e. The minimum atomic E-state index is -0.328. The largest absolute Gasteiger partial charge is 0.465 e. The lowest BCUT2D eigenvalue weighted by Crippen LogP contribution is -2.06. The van der Waals surface area contributed by atoms with Crippen molar-refractivity contribution in [3.05, 3.63) is 35.4 Å². The number of benzene rings is 1. The summed E-state index contributed by atoms with van der Waals surface area (Å²) in [6.07, 6.45) is 0. The average Bonchev–Trinajstić information content (AvgIpc) is 2.18. The molecule has 0 fully saturated rings. The summed E-state index contributed by atoms with van der Waals surface area (Å²) in [6, 6.07) is 7.16. The molecule has 4 heteroatoms. The third-order valence-electron chi connectivity index (χ3n) is 1.62. The Morgan fingerprint density at radius 3 is 3.00 bits per heavy atom. The van der Waals surface area contributed by atoms with Gasteiger partial charge in [-0.3, -0.25) is 0 Å². The van der Waals surface area contributed by atoms with Crippen molar-refractivity contribution in [1.82, 2.24) is 4.84 Å². The minimum Gasteiger partial charge on any atom is -0.465 e. The molecule has 1 rings (SSSR count). The predicted octanol–water partition coefficient (Wildman–Crippen LogP) is 0.759. The van der Waals surface area contributed by atoms with Crippen molar-refractivity contribution in [1.29, 1.82) is 0 Å². The van der Waals surface area contributed by atoms with E-state index < -0.39 is 0 Å². The van der Waals surface area contributed by atoms with Gasteiger partial charge in [0, 0.05) is 0 Å². The maximum atomic E-state index is 11.1. The number of ether oxygens (including phenoxy) is 1. The number of hydrogen-bond acceptors (Lipinski definition) is 3. The van der Waals surface area contributed by atoms with Crippen LogP contribution in [0.3, 0.4) is 0 Å². The SMILES string of the molecule is COC(=O)c1cccc(CN[ClH+])c1. The molecule has 0 heterocycles. The van der Waals surface area contributed by atoms with Crippen LogP contribution < -0.4 is 4.84 Å². The number of esters is 1. The molecule has 0 atom stereocenters. The van der Waals surface area contributed by atoms with E-state index in [1.165, 1.54) is 7.11 Å². The third kappa shape index (κ3) is 2.72. The molecule has 0 aliphatic heterocycles. The van der Waals surface area contributed by atoms with Gasteiger partial charge >= 0.3 is 5.97 Å². The molecule has 0 bridgehead atoms. The smallest absolute Gasteiger partial charge is 0.337 e. The summed E-state index contributed by atoms with van der Waals surface area (Å²) in [7, 11) is 1.36. The molecular weight excluding hydrogens is 190 g/mol. The zero-order valence-electron chi connectivity index (χ0n) is 7.24. The van der Waals surface area contributed by atoms with Gasteiger partial charge in [0.15, 0.2) is 0 Å². The Bertz CT molecular complexity index is 301. The van der Waals surface area contributed by atoms with Crippen LogP contribution in [0.15, 0.2) is 24.3 Å². The molecule has 3 nitrogen and oxygen atoms in total. The van der Waals surface area contributed by atoms with E-state index in [2.05, 4.69) is 21.3 Å². The summed E-state index contributed by atoms with van der Waals surface area (Å²) in [5, 5.41) is 0. The van der Waals surface area contributed by atoms with Crippen molar-refractivity contribution in [3.63, 3.8) is 0 Å². The van der Waals surface area contributed by atoms with E-state index in [0.29, 0.717) is 12.1 Å². The molecule has 0 saturated carbocycles. The van der Waals surface area contributed by atoms with Gasteiger partial charge in [0.2, 0.25) is 11.8 Å². The quantitative estimate of drug-likeness (QED) is 0.579. The maximum absolute atomic E-state index is 11.1. The molecule has 0 aliphatic carbocycles. The van der Waals surface area contributed by atoms with Crippen LogP contribution in [-0.2, 0) is 11.3 Å². The Labute approximate surface area is 81.8 Å². The van der Waals surface area contributed by atoms with Gasteiger partial charge < -0.3 is 4.74 Å². The molecule has 1 N–H and O–H groups in total. The third-order valence-corrected chi connectivity index (χ3v) is 1.77. The Morgan fingerprint density at radius 1 is 1.62 bits per heavy atom. The molecule has 1 aromatic carbocycles. The Balaban J connectivity index is 2.85. The van der Waals surface area contributed by atoms with E-state index in [9.17, 15) is 4.79 Å². The summed E-state index contributed by atoms with van der Waals surface area (Å²) in [5.74, 6) is -0.328. The summed E-state index contributed by atoms with van der Waals surface area (Å²) in [6.45, 7) is 0.570. The van der Waals surface area contributed by atoms with E-state index in [-0.39, 0.29) is 5.97 Å². The van der Waals surface area contributed by atoms with Crippen molar-refractivity contribution >= 4 is 5.97 Å². The van der Waals surface area contributed by atoms with Gasteiger partial charge in [-0.1, -0.05) is 17.0 Å². The molecule has 0 saturated heterocycles. The first-order valence-corrected chi connectivity index (χ1v) is 4.21. The fourth-order valence-electron chi connectivity index (χ4n) is 1.01. The van der Waals surface area contributed by atoms with Gasteiger partial charge in [0.1, 0.15) is 0 Å². The molecule has 70 valence electrons. The van der Waals surface area contributed by atoms with Gasteiger partial charge in [-0.25, -0.2) is 4.79 Å². The van der Waals surface area contributed by atoms with Crippen LogP contribution in [0.1, 0.15) is 15.9 Å². The number of methoxy groups -OCH3 is 1. The van der Waals surface area contributed by atoms with Crippen molar-refractivity contribution in [2.45, 2.75) is 6.54 Å². The van der Waals surface area contributed by atoms with Crippen LogP contribution in [0.25, 0.3) is 0 Å². The van der Waals surface area contributed by atoms with Crippen LogP contribution in [-0.4, -0.2) is 13.1 Å². The monoisotopic (exact) mass is 200 g/mol. The number of rotatable bonds is 3. The summed E-state index contributed by atoms with van der Waals surface area (Å²) in [4.78, 5) is 13.7. The van der Waals surface area contributed by atoms with Gasteiger partial charge in [-0.05, 0) is 17.7 Å². The summed E-state index contributed by atoms with van der Waals surface area (Å²) < 4.78 is 4.58. The second-order valence-corrected chi connectivity index (χ2v) is 2.80. The fourth-order valence-corrected chi connectivity index (χ4v) is 1.18. The van der Waals surface area contributed by atoms with E-state index in [1.54, 1.807) is 18.2 Å². The number of hydrogen-bond donors (Lipinski definition) is 1. The average molecular weight is 201 g/mol. The molecule has 0 aliphatic rings. The highest BCUT2D eigenvalue weighted by Crippen LogP contribution is 2.05. The topological polar surface area (TPSA) is 38.3 Å². The molecule has 0 aromatic heterocycles. The van der Waals surface area contributed by atoms with E-state index in [4.69, 9.17) is 0 Å². The highest BCUT2D eigenvalue weighted by Gasteiger charge is 2.05. The molecule has 0 amide bonds. The fraction of sp³-hybridized carbons (Fsp3) is 0.222. The molecule has 1 aromatic rings. The standard InChI is InChI=1S/C9H11ClNO2/c1-13-9(12)8-4-2-3-7(5-8)6-11-10/h2-5,10-11H,6H2,1H3/q+1. The van der Waals surface area contributed by atoms with Crippen LogP contribution in [0.4, 0.5) is 0 Å². The normalized spacial score (nSPS) is 9.69. The van der Waals surface area contributed by atoms with Crippen molar-refractivity contribution < 1.29 is 21.3 Å². The van der Waals surface area contributed by atoms with Gasteiger partial charge in [0.05, 0.1) is 19.2 Å². The van der Waals surface area contributed by atoms with E-state index in [1.807, 2.05) is 6.07 Å². The molecule has 0 unspecified atom stereocenters. The first kappa shape index (κ1) is 10.0. The molecule has 0 radical (unpaired) electrons. The van der Waals surface area contributed by atoms with Crippen LogP contribution in [0.5, 0.6) is 0 Å². The van der Waals surface area contributed by atoms with Gasteiger partial charge in [-0.2, -0.15) is 0 Å². The second kappa shape index (κ2) is 4.84. The van der Waals surface area contributed by atoms with Crippen molar-refractivity contribution in [3.8, 4) is 0 Å². The lowest BCUT2D eigenvalue weighted by molar-refractivity contribution is -0.446. The molecule has 13 heavy (non-hydrogen) atoms. The number of halogens is 1. The Kier molecular flexibility index (Phi) is 3.73. The zero-order valence-corrected chi connectivity index (χ0v) is 8.06. The zero-order chi connectivity index (χ0) is 9.68. The highest BCUT2D eigenvalue weighted by molar-refractivity contribution is 5.89. The van der Waals surface area contributed by atoms with E-state index in [0.717, 1.165) is 5.56 Å². The van der Waals surface area contributed by atoms with Crippen molar-refractivity contribution in [2.24, 2.45) is 0 Å². The summed E-state index contributed by atoms with van der Waals surface area (Å²) >= 11 is 4.61. The lowest BCUT2D eigenvalue weighted by Gasteiger charge is -2.00. The lowest BCUT2D eigenvalue weighted by atomic mass is 10.1. The molecular formula is C9H11ClNO2+. The van der Waals surface area contributed by atoms with Crippen LogP contribution in [0.2, 0.25) is 0 Å². The Morgan fingerprint density at radius 2 is 2.38 bits per heavy atom. The van der Waals surface area contributed by atoms with Gasteiger partial charge in [0.25, 0.3) is 0 Å². The first-order chi connectivity index (χ1) is 6.27. The van der Waals surface area contributed by atoms with Crippen LogP contribution >= 0.6 is 0 Å². The van der Waals surface area contributed by atoms with Gasteiger partial charge in [-0.15, -0.1) is 0 Å². The number of carbonyl (C=O) groups excluding carboxylic acids is 1. The Hall–Kier alpha value is -1.06. The second-order valence-electron chi connectivity index (χ2n) is 2.51. The summed E-state index contributed by atoms with van der Waals surface area (Å²) in [5.41, 5.74) is 1.52. The number of carbonyl (C=O) groups is 1. The highest BCUT2D eigenvalue weighted by atomic mass is 35.5. The first-order valence-electron chi connectivity index (χ1n) is 3.80. The van der Waals surface area contributed by atoms with Crippen LogP contribution in [0, 0.1) is 11.8 Å². The number of nitrogens with one attached hydrogen (secondary N) is 1. The van der Waals surface area contributed by atoms with Crippen molar-refractivity contribution in [2.75, 3.05) is 7.11 Å². The predicted molar refractivity (Wildman–Crippen MR) is 46.0 cm³/mol. The minimum absolute atomic E-state index is 0.328. The molecule has 0 spiro atoms.